The zero-order valence-corrected chi connectivity index (χ0v) is 15.9. The summed E-state index contributed by atoms with van der Waals surface area (Å²) in [7, 11) is 0. The van der Waals surface area contributed by atoms with Crippen LogP contribution in [0.25, 0.3) is 0 Å². The highest BCUT2D eigenvalue weighted by molar-refractivity contribution is 7.15. The van der Waals surface area contributed by atoms with Gasteiger partial charge in [0.15, 0.2) is 0 Å². The first kappa shape index (κ1) is 17.8. The highest BCUT2D eigenvalue weighted by Crippen LogP contribution is 2.23. The molecule has 130 valence electrons. The average molecular weight is 395 g/mol. The molecular formula is C16H15ClN4O2S2. The van der Waals surface area contributed by atoms with Crippen molar-refractivity contribution in [2.75, 3.05) is 5.32 Å². The van der Waals surface area contributed by atoms with E-state index < -0.39 is 0 Å². The highest BCUT2D eigenvalue weighted by atomic mass is 35.5. The van der Waals surface area contributed by atoms with E-state index in [0.717, 1.165) is 5.01 Å². The monoisotopic (exact) mass is 394 g/mol. The van der Waals surface area contributed by atoms with E-state index in [1.54, 1.807) is 29.6 Å². The lowest BCUT2D eigenvalue weighted by Gasteiger charge is -2.03. The van der Waals surface area contributed by atoms with Gasteiger partial charge in [-0.05, 0) is 24.3 Å². The Morgan fingerprint density at radius 1 is 1.28 bits per heavy atom. The van der Waals surface area contributed by atoms with Crippen LogP contribution >= 0.6 is 34.3 Å². The van der Waals surface area contributed by atoms with Gasteiger partial charge in [0.1, 0.15) is 28.1 Å². The molecule has 3 rings (SSSR count). The van der Waals surface area contributed by atoms with Gasteiger partial charge >= 0.3 is 0 Å². The Morgan fingerprint density at radius 2 is 2.04 bits per heavy atom. The SMILES string of the molecule is CC(C)c1nnc(NC(=O)c2csc(COc3ccc(Cl)cc3)n2)s1. The third kappa shape index (κ3) is 4.75. The molecule has 0 bridgehead atoms. The molecule has 0 unspecified atom stereocenters. The molecule has 3 aromatic rings. The molecule has 2 aromatic heterocycles. The van der Waals surface area contributed by atoms with Crippen LogP contribution in [-0.4, -0.2) is 21.1 Å². The number of hydrogen-bond acceptors (Lipinski definition) is 7. The number of nitrogens with one attached hydrogen (secondary N) is 1. The first-order chi connectivity index (χ1) is 12.0. The van der Waals surface area contributed by atoms with E-state index in [2.05, 4.69) is 20.5 Å². The Hall–Kier alpha value is -2.03. The molecule has 0 radical (unpaired) electrons. The smallest absolute Gasteiger partial charge is 0.276 e. The lowest BCUT2D eigenvalue weighted by molar-refractivity contribution is 0.102. The third-order valence-electron chi connectivity index (χ3n) is 3.12. The number of aromatic nitrogens is 3. The molecule has 0 aliphatic carbocycles. The van der Waals surface area contributed by atoms with Gasteiger partial charge in [0.05, 0.1) is 0 Å². The molecule has 25 heavy (non-hydrogen) atoms. The first-order valence-corrected chi connectivity index (χ1v) is 9.56. The highest BCUT2D eigenvalue weighted by Gasteiger charge is 2.15. The predicted octanol–water partition coefficient (Wildman–Crippen LogP) is 4.60. The Morgan fingerprint density at radius 3 is 2.72 bits per heavy atom. The first-order valence-electron chi connectivity index (χ1n) is 7.49. The van der Waals surface area contributed by atoms with Gasteiger partial charge < -0.3 is 4.74 Å². The number of carbonyl (C=O) groups is 1. The maximum atomic E-state index is 12.2. The van der Waals surface area contributed by atoms with Gasteiger partial charge in [0.2, 0.25) is 5.13 Å². The maximum absolute atomic E-state index is 12.2. The number of ether oxygens (including phenoxy) is 1. The summed E-state index contributed by atoms with van der Waals surface area (Å²) in [5, 5.41) is 15.1. The van der Waals surface area contributed by atoms with Gasteiger partial charge in [-0.25, -0.2) is 4.98 Å². The van der Waals surface area contributed by atoms with Crippen molar-refractivity contribution in [2.24, 2.45) is 0 Å². The van der Waals surface area contributed by atoms with Gasteiger partial charge in [0.25, 0.3) is 5.91 Å². The number of anilines is 1. The molecule has 1 aromatic carbocycles. The molecule has 0 aliphatic rings. The van der Waals surface area contributed by atoms with Crippen LogP contribution in [0.15, 0.2) is 29.6 Å². The summed E-state index contributed by atoms with van der Waals surface area (Å²) in [6.07, 6.45) is 0. The van der Waals surface area contributed by atoms with Crippen LogP contribution in [0.2, 0.25) is 5.02 Å². The number of carbonyl (C=O) groups excluding carboxylic acids is 1. The van der Waals surface area contributed by atoms with E-state index in [4.69, 9.17) is 16.3 Å². The fourth-order valence-corrected chi connectivity index (χ4v) is 3.39. The van der Waals surface area contributed by atoms with Crippen molar-refractivity contribution in [3.8, 4) is 5.75 Å². The molecule has 9 heteroatoms. The van der Waals surface area contributed by atoms with Gasteiger partial charge in [-0.15, -0.1) is 21.5 Å². The molecule has 0 aliphatic heterocycles. The molecular weight excluding hydrogens is 380 g/mol. The molecule has 1 amide bonds. The molecule has 6 nitrogen and oxygen atoms in total. The predicted molar refractivity (Wildman–Crippen MR) is 99.8 cm³/mol. The van der Waals surface area contributed by atoms with Crippen LogP contribution in [0.5, 0.6) is 5.75 Å². The van der Waals surface area contributed by atoms with Crippen molar-refractivity contribution in [3.05, 3.63) is 50.4 Å². The van der Waals surface area contributed by atoms with Crippen LogP contribution in [-0.2, 0) is 6.61 Å². The largest absolute Gasteiger partial charge is 0.486 e. The Labute approximate surface area is 157 Å². The topological polar surface area (TPSA) is 77.0 Å². The third-order valence-corrected chi connectivity index (χ3v) is 5.33. The molecule has 0 spiro atoms. The van der Waals surface area contributed by atoms with Crippen molar-refractivity contribution < 1.29 is 9.53 Å². The molecule has 0 saturated carbocycles. The van der Waals surface area contributed by atoms with Crippen LogP contribution in [0.1, 0.15) is 40.3 Å². The Kier molecular flexibility index (Phi) is 5.62. The van der Waals surface area contributed by atoms with Gasteiger partial charge in [-0.2, -0.15) is 0 Å². The van der Waals surface area contributed by atoms with Crippen LogP contribution in [0.4, 0.5) is 5.13 Å². The van der Waals surface area contributed by atoms with E-state index in [0.29, 0.717) is 26.6 Å². The van der Waals surface area contributed by atoms with Crippen LogP contribution in [0.3, 0.4) is 0 Å². The fourth-order valence-electron chi connectivity index (χ4n) is 1.84. The summed E-state index contributed by atoms with van der Waals surface area (Å²) in [5.41, 5.74) is 0.334. The van der Waals surface area contributed by atoms with Crippen LogP contribution in [0, 0.1) is 0 Å². The maximum Gasteiger partial charge on any atom is 0.276 e. The number of benzene rings is 1. The molecule has 2 heterocycles. The molecule has 1 N–H and O–H groups in total. The summed E-state index contributed by atoms with van der Waals surface area (Å²) >= 11 is 8.56. The Bertz CT molecular complexity index is 861. The zero-order chi connectivity index (χ0) is 17.8. The van der Waals surface area contributed by atoms with E-state index in [9.17, 15) is 4.79 Å². The second-order valence-electron chi connectivity index (χ2n) is 5.42. The molecule has 0 fully saturated rings. The number of rotatable bonds is 6. The minimum absolute atomic E-state index is 0.277. The van der Waals surface area contributed by atoms with E-state index in [1.165, 1.54) is 22.7 Å². The second kappa shape index (κ2) is 7.90. The zero-order valence-electron chi connectivity index (χ0n) is 13.5. The lowest BCUT2D eigenvalue weighted by atomic mass is 10.2. The fraction of sp³-hybridized carbons (Fsp3) is 0.250. The standard InChI is InChI=1S/C16H15ClN4O2S2/c1-9(2)15-20-21-16(25-15)19-14(22)12-8-24-13(18-12)7-23-11-5-3-10(17)4-6-11/h3-6,8-9H,7H2,1-2H3,(H,19,21,22). The van der Waals surface area contributed by atoms with Crippen molar-refractivity contribution >= 4 is 45.3 Å². The minimum atomic E-state index is -0.305. The van der Waals surface area contributed by atoms with E-state index in [1.807, 2.05) is 13.8 Å². The van der Waals surface area contributed by atoms with Crippen molar-refractivity contribution in [2.45, 2.75) is 26.4 Å². The summed E-state index contributed by atoms with van der Waals surface area (Å²) in [4.78, 5) is 16.5. The summed E-state index contributed by atoms with van der Waals surface area (Å²) < 4.78 is 5.63. The van der Waals surface area contributed by atoms with Crippen molar-refractivity contribution in [1.29, 1.82) is 0 Å². The summed E-state index contributed by atoms with van der Waals surface area (Å²) in [6.45, 7) is 4.34. The number of halogens is 1. The quantitative estimate of drug-likeness (QED) is 0.660. The van der Waals surface area contributed by atoms with Gasteiger partial charge in [0, 0.05) is 16.3 Å². The normalized spacial score (nSPS) is 10.9. The molecule has 0 atom stereocenters. The number of amides is 1. The summed E-state index contributed by atoms with van der Waals surface area (Å²) in [6, 6.07) is 7.08. The minimum Gasteiger partial charge on any atom is -0.486 e. The van der Waals surface area contributed by atoms with Gasteiger partial charge in [-0.1, -0.05) is 36.8 Å². The average Bonchev–Trinajstić information content (AvgIpc) is 3.23. The van der Waals surface area contributed by atoms with Crippen molar-refractivity contribution in [1.82, 2.24) is 15.2 Å². The second-order valence-corrected chi connectivity index (χ2v) is 7.81. The lowest BCUT2D eigenvalue weighted by Crippen LogP contribution is -2.12. The number of hydrogen-bond donors (Lipinski definition) is 1. The van der Waals surface area contributed by atoms with Crippen LogP contribution < -0.4 is 10.1 Å². The van der Waals surface area contributed by atoms with E-state index >= 15 is 0 Å². The van der Waals surface area contributed by atoms with Gasteiger partial charge in [-0.3, -0.25) is 10.1 Å². The van der Waals surface area contributed by atoms with E-state index in [-0.39, 0.29) is 18.4 Å². The summed E-state index contributed by atoms with van der Waals surface area (Å²) in [5.74, 6) is 0.667. The van der Waals surface area contributed by atoms with Crippen molar-refractivity contribution in [3.63, 3.8) is 0 Å². The molecule has 0 saturated heterocycles. The number of nitrogens with zero attached hydrogens (tertiary/aromatic N) is 3. The number of thiazole rings is 1. The Balaban J connectivity index is 1.58.